The predicted molar refractivity (Wildman–Crippen MR) is 69.1 cm³/mol. The fourth-order valence-electron chi connectivity index (χ4n) is 1.49. The molecule has 1 aromatic carbocycles. The van der Waals surface area contributed by atoms with Gasteiger partial charge in [0.15, 0.2) is 0 Å². The van der Waals surface area contributed by atoms with Crippen LogP contribution in [0.2, 0.25) is 0 Å². The number of esters is 1. The molecule has 2 rings (SSSR count). The minimum Gasteiger partial charge on any atom is -0.477 e. The monoisotopic (exact) mass is 281 g/mol. The molecule has 0 fully saturated rings. The lowest BCUT2D eigenvalue weighted by atomic mass is 10.1. The minimum absolute atomic E-state index is 0.250. The van der Waals surface area contributed by atoms with E-state index in [4.69, 9.17) is 4.74 Å². The number of carbonyl (C=O) groups is 1. The van der Waals surface area contributed by atoms with E-state index in [1.807, 2.05) is 0 Å². The van der Waals surface area contributed by atoms with Crippen LogP contribution in [0.15, 0.2) is 30.3 Å². The number of halogens is 1. The average Bonchev–Trinajstić information content (AvgIpc) is 2.89. The molecule has 1 aromatic heterocycles. The molecular formula is C13H12FNO3S. The molecule has 0 saturated heterocycles. The van der Waals surface area contributed by atoms with Crippen molar-refractivity contribution >= 4 is 17.5 Å². The zero-order chi connectivity index (χ0) is 13.7. The third kappa shape index (κ3) is 3.51. The largest absolute Gasteiger partial charge is 0.477 e. The molecule has 1 heterocycles. The Labute approximate surface area is 114 Å². The summed E-state index contributed by atoms with van der Waals surface area (Å²) in [6.45, 7) is 0.297. The Kier molecular flexibility index (Phi) is 4.46. The average molecular weight is 281 g/mol. The van der Waals surface area contributed by atoms with Crippen molar-refractivity contribution in [3.8, 4) is 5.88 Å². The number of methoxy groups -OCH3 is 1. The van der Waals surface area contributed by atoms with Gasteiger partial charge in [-0.25, -0.2) is 9.18 Å². The van der Waals surface area contributed by atoms with E-state index in [1.54, 1.807) is 18.2 Å². The number of hydrogen-bond acceptors (Lipinski definition) is 5. The molecule has 0 N–H and O–H groups in total. The Balaban J connectivity index is 1.88. The molecule has 19 heavy (non-hydrogen) atoms. The molecule has 0 spiro atoms. The predicted octanol–water partition coefficient (Wildman–Crippen LogP) is 2.69. The van der Waals surface area contributed by atoms with E-state index < -0.39 is 5.97 Å². The van der Waals surface area contributed by atoms with Crippen LogP contribution in [0.25, 0.3) is 0 Å². The number of ether oxygens (including phenoxy) is 2. The van der Waals surface area contributed by atoms with Crippen molar-refractivity contribution in [3.63, 3.8) is 0 Å². The van der Waals surface area contributed by atoms with Crippen LogP contribution in [-0.2, 0) is 11.2 Å². The summed E-state index contributed by atoms with van der Waals surface area (Å²) in [6.07, 6.45) is 0.442. The SMILES string of the molecule is COC(=O)c1cc(OCCc2ccccc2F)ns1. The van der Waals surface area contributed by atoms with Crippen molar-refractivity contribution in [3.05, 3.63) is 46.6 Å². The Morgan fingerprint density at radius 2 is 2.21 bits per heavy atom. The molecule has 0 aliphatic carbocycles. The van der Waals surface area contributed by atoms with Crippen molar-refractivity contribution < 1.29 is 18.7 Å². The summed E-state index contributed by atoms with van der Waals surface area (Å²) < 4.78 is 27.2. The highest BCUT2D eigenvalue weighted by Crippen LogP contribution is 2.17. The van der Waals surface area contributed by atoms with E-state index in [-0.39, 0.29) is 5.82 Å². The van der Waals surface area contributed by atoms with Crippen LogP contribution in [0.5, 0.6) is 5.88 Å². The van der Waals surface area contributed by atoms with Crippen LogP contribution in [0, 0.1) is 5.82 Å². The number of carbonyl (C=O) groups excluding carboxylic acids is 1. The molecule has 100 valence electrons. The molecule has 0 saturated carbocycles. The van der Waals surface area contributed by atoms with E-state index in [9.17, 15) is 9.18 Å². The van der Waals surface area contributed by atoms with Gasteiger partial charge in [-0.05, 0) is 23.2 Å². The second kappa shape index (κ2) is 6.29. The van der Waals surface area contributed by atoms with Gasteiger partial charge in [-0.1, -0.05) is 18.2 Å². The van der Waals surface area contributed by atoms with Crippen LogP contribution in [0.3, 0.4) is 0 Å². The van der Waals surface area contributed by atoms with E-state index in [1.165, 1.54) is 19.2 Å². The Morgan fingerprint density at radius 1 is 1.42 bits per heavy atom. The van der Waals surface area contributed by atoms with Gasteiger partial charge in [0.1, 0.15) is 10.7 Å². The maximum atomic E-state index is 13.3. The second-order valence-electron chi connectivity index (χ2n) is 3.71. The molecule has 0 radical (unpaired) electrons. The van der Waals surface area contributed by atoms with Gasteiger partial charge >= 0.3 is 5.97 Å². The molecular weight excluding hydrogens is 269 g/mol. The van der Waals surface area contributed by atoms with Crippen molar-refractivity contribution in [2.75, 3.05) is 13.7 Å². The third-order valence-corrected chi connectivity index (χ3v) is 3.21. The lowest BCUT2D eigenvalue weighted by molar-refractivity contribution is 0.0606. The Bertz CT molecular complexity index is 571. The summed E-state index contributed by atoms with van der Waals surface area (Å²) in [5.41, 5.74) is 0.589. The quantitative estimate of drug-likeness (QED) is 0.791. The van der Waals surface area contributed by atoms with Gasteiger partial charge in [0.2, 0.25) is 5.88 Å². The highest BCUT2D eigenvalue weighted by Gasteiger charge is 2.11. The first-order chi connectivity index (χ1) is 9.20. The number of hydrogen-bond donors (Lipinski definition) is 0. The van der Waals surface area contributed by atoms with E-state index in [0.717, 1.165) is 11.5 Å². The number of rotatable bonds is 5. The normalized spacial score (nSPS) is 10.2. The van der Waals surface area contributed by atoms with Crippen LogP contribution in [0.1, 0.15) is 15.2 Å². The van der Waals surface area contributed by atoms with Crippen molar-refractivity contribution in [2.45, 2.75) is 6.42 Å². The molecule has 4 nitrogen and oxygen atoms in total. The topological polar surface area (TPSA) is 48.4 Å². The Morgan fingerprint density at radius 3 is 2.95 bits per heavy atom. The van der Waals surface area contributed by atoms with Gasteiger partial charge in [0.25, 0.3) is 0 Å². The highest BCUT2D eigenvalue weighted by molar-refractivity contribution is 7.08. The van der Waals surface area contributed by atoms with Crippen molar-refractivity contribution in [1.82, 2.24) is 4.37 Å². The zero-order valence-corrected chi connectivity index (χ0v) is 11.1. The van der Waals surface area contributed by atoms with Crippen LogP contribution < -0.4 is 4.74 Å². The first kappa shape index (κ1) is 13.5. The number of benzene rings is 1. The molecule has 0 atom stereocenters. The summed E-state index contributed by atoms with van der Waals surface area (Å²) in [5.74, 6) is -0.345. The van der Waals surface area contributed by atoms with E-state index >= 15 is 0 Å². The molecule has 6 heteroatoms. The molecule has 2 aromatic rings. The smallest absolute Gasteiger partial charge is 0.349 e. The summed E-state index contributed by atoms with van der Waals surface area (Å²) in [5, 5.41) is 0. The van der Waals surface area contributed by atoms with Crippen molar-refractivity contribution in [2.24, 2.45) is 0 Å². The van der Waals surface area contributed by atoms with Gasteiger partial charge in [-0.15, -0.1) is 0 Å². The van der Waals surface area contributed by atoms with E-state index in [2.05, 4.69) is 9.11 Å². The van der Waals surface area contributed by atoms with Crippen LogP contribution in [0.4, 0.5) is 4.39 Å². The van der Waals surface area contributed by atoms with Gasteiger partial charge in [0, 0.05) is 12.5 Å². The third-order valence-electron chi connectivity index (χ3n) is 2.45. The maximum Gasteiger partial charge on any atom is 0.349 e. The molecule has 0 aliphatic rings. The summed E-state index contributed by atoms with van der Waals surface area (Å²) in [7, 11) is 1.31. The summed E-state index contributed by atoms with van der Waals surface area (Å²) in [6, 6.07) is 8.05. The lowest BCUT2D eigenvalue weighted by Crippen LogP contribution is -2.03. The summed E-state index contributed by atoms with van der Waals surface area (Å²) >= 11 is 1.01. The first-order valence-electron chi connectivity index (χ1n) is 5.62. The number of aromatic nitrogens is 1. The van der Waals surface area contributed by atoms with Gasteiger partial charge in [0.05, 0.1) is 13.7 Å². The van der Waals surface area contributed by atoms with Crippen LogP contribution >= 0.6 is 11.5 Å². The molecule has 0 unspecified atom stereocenters. The molecule has 0 bridgehead atoms. The van der Waals surface area contributed by atoms with Crippen LogP contribution in [-0.4, -0.2) is 24.1 Å². The number of nitrogens with zero attached hydrogens (tertiary/aromatic N) is 1. The maximum absolute atomic E-state index is 13.3. The minimum atomic E-state index is -0.443. The zero-order valence-electron chi connectivity index (χ0n) is 10.3. The molecule has 0 aliphatic heterocycles. The fraction of sp³-hybridized carbons (Fsp3) is 0.231. The fourth-order valence-corrected chi connectivity index (χ4v) is 2.10. The highest BCUT2D eigenvalue weighted by atomic mass is 32.1. The van der Waals surface area contributed by atoms with Gasteiger partial charge < -0.3 is 9.47 Å². The lowest BCUT2D eigenvalue weighted by Gasteiger charge is -2.03. The second-order valence-corrected chi connectivity index (χ2v) is 4.52. The van der Waals surface area contributed by atoms with Gasteiger partial charge in [-0.2, -0.15) is 4.37 Å². The van der Waals surface area contributed by atoms with Gasteiger partial charge in [-0.3, -0.25) is 0 Å². The van der Waals surface area contributed by atoms with Crippen molar-refractivity contribution in [1.29, 1.82) is 0 Å². The Hall–Kier alpha value is -1.95. The first-order valence-corrected chi connectivity index (χ1v) is 6.39. The molecule has 0 amide bonds. The summed E-state index contributed by atoms with van der Waals surface area (Å²) in [4.78, 5) is 11.6. The standard InChI is InChI=1S/C13H12FNO3S/c1-17-13(16)11-8-12(15-19-11)18-7-6-9-4-2-3-5-10(9)14/h2-5,8H,6-7H2,1H3. The van der Waals surface area contributed by atoms with E-state index in [0.29, 0.717) is 29.3 Å².